The molecule has 1 aliphatic heterocycles. The molecule has 1 aromatic heterocycles. The van der Waals surface area contributed by atoms with Crippen LogP contribution in [0, 0.1) is 5.82 Å². The van der Waals surface area contributed by atoms with Gasteiger partial charge >= 0.3 is 0 Å². The van der Waals surface area contributed by atoms with Gasteiger partial charge in [0.05, 0.1) is 17.3 Å². The number of hydrogen-bond acceptors (Lipinski definition) is 4. The molecule has 1 atom stereocenters. The zero-order valence-electron chi connectivity index (χ0n) is 14.2. The smallest absolute Gasteiger partial charge is 0.168 e. The first-order chi connectivity index (χ1) is 12.6. The highest BCUT2D eigenvalue weighted by Crippen LogP contribution is 2.34. The Labute approximate surface area is 153 Å². The third-order valence-corrected chi connectivity index (χ3v) is 5.27. The summed E-state index contributed by atoms with van der Waals surface area (Å²) in [4.78, 5) is 5.00. The number of hydrogen-bond donors (Lipinski definition) is 1. The lowest BCUT2D eigenvalue weighted by atomic mass is 10.0. The third kappa shape index (κ3) is 3.08. The van der Waals surface area contributed by atoms with Crippen molar-refractivity contribution in [2.45, 2.75) is 4.90 Å². The van der Waals surface area contributed by atoms with Gasteiger partial charge in [0.15, 0.2) is 11.6 Å². The van der Waals surface area contributed by atoms with E-state index in [-0.39, 0.29) is 5.82 Å². The summed E-state index contributed by atoms with van der Waals surface area (Å²) in [5, 5.41) is 3.14. The van der Waals surface area contributed by atoms with Crippen LogP contribution >= 0.6 is 0 Å². The van der Waals surface area contributed by atoms with E-state index in [1.54, 1.807) is 30.7 Å². The average Bonchev–Trinajstić information content (AvgIpc) is 2.67. The van der Waals surface area contributed by atoms with Crippen LogP contribution in [0.25, 0.3) is 22.3 Å². The molecule has 0 saturated carbocycles. The predicted octanol–water partition coefficient (Wildman–Crippen LogP) is 4.10. The van der Waals surface area contributed by atoms with E-state index < -0.39 is 10.8 Å². The molecule has 0 aliphatic carbocycles. The van der Waals surface area contributed by atoms with Gasteiger partial charge in [-0.2, -0.15) is 0 Å². The van der Waals surface area contributed by atoms with Gasteiger partial charge in [-0.05, 0) is 29.3 Å². The largest absolute Gasteiger partial charge is 0.488 e. The number of nitrogens with zero attached hydrogens (tertiary/aromatic N) is 1. The van der Waals surface area contributed by atoms with Gasteiger partial charge in [-0.3, -0.25) is 4.21 Å². The first-order valence-corrected chi connectivity index (χ1v) is 9.79. The number of benzene rings is 2. The van der Waals surface area contributed by atoms with E-state index in [1.807, 2.05) is 24.3 Å². The van der Waals surface area contributed by atoms with Crippen molar-refractivity contribution in [2.24, 2.45) is 0 Å². The summed E-state index contributed by atoms with van der Waals surface area (Å²) in [6.07, 6.45) is 3.25. The van der Waals surface area contributed by atoms with Crippen molar-refractivity contribution < 1.29 is 13.3 Å². The van der Waals surface area contributed by atoms with Gasteiger partial charge in [0.25, 0.3) is 0 Å². The number of anilines is 1. The monoisotopic (exact) mass is 368 g/mol. The second-order valence-electron chi connectivity index (χ2n) is 5.99. The SMILES string of the molecule is CS(=O)c1ccccc1-c1ccc(-c2cnc3c(c2)OCCN3)c(F)c1. The molecular formula is C20H17FN2O2S. The molecule has 26 heavy (non-hydrogen) atoms. The maximum Gasteiger partial charge on any atom is 0.168 e. The Bertz CT molecular complexity index is 1010. The van der Waals surface area contributed by atoms with Crippen LogP contribution in [-0.4, -0.2) is 28.6 Å². The van der Waals surface area contributed by atoms with E-state index in [2.05, 4.69) is 10.3 Å². The highest BCUT2D eigenvalue weighted by atomic mass is 32.2. The summed E-state index contributed by atoms with van der Waals surface area (Å²) < 4.78 is 32.3. The molecule has 1 N–H and O–H groups in total. The molecule has 1 aliphatic rings. The molecule has 2 heterocycles. The quantitative estimate of drug-likeness (QED) is 0.756. The lowest BCUT2D eigenvalue weighted by Crippen LogP contribution is -2.18. The summed E-state index contributed by atoms with van der Waals surface area (Å²) in [6.45, 7) is 1.27. The fourth-order valence-corrected chi connectivity index (χ4v) is 3.80. The Balaban J connectivity index is 1.75. The van der Waals surface area contributed by atoms with Gasteiger partial charge in [0, 0.05) is 28.5 Å². The van der Waals surface area contributed by atoms with Crippen LogP contribution in [0.3, 0.4) is 0 Å². The summed E-state index contributed by atoms with van der Waals surface area (Å²) in [7, 11) is -1.15. The van der Waals surface area contributed by atoms with Crippen LogP contribution in [0.2, 0.25) is 0 Å². The van der Waals surface area contributed by atoms with E-state index in [0.717, 1.165) is 5.56 Å². The van der Waals surface area contributed by atoms with Crippen molar-refractivity contribution in [1.82, 2.24) is 4.98 Å². The van der Waals surface area contributed by atoms with Gasteiger partial charge in [-0.1, -0.05) is 30.3 Å². The summed E-state index contributed by atoms with van der Waals surface area (Å²) in [5.41, 5.74) is 2.58. The zero-order chi connectivity index (χ0) is 18.1. The lowest BCUT2D eigenvalue weighted by molar-refractivity contribution is 0.321. The summed E-state index contributed by atoms with van der Waals surface area (Å²) >= 11 is 0. The van der Waals surface area contributed by atoms with Crippen molar-refractivity contribution >= 4 is 16.6 Å². The molecule has 0 fully saturated rings. The number of ether oxygens (including phenoxy) is 1. The van der Waals surface area contributed by atoms with Crippen LogP contribution < -0.4 is 10.1 Å². The number of fused-ring (bicyclic) bond motifs is 1. The molecule has 3 aromatic rings. The third-order valence-electron chi connectivity index (χ3n) is 4.29. The van der Waals surface area contributed by atoms with Crippen molar-refractivity contribution in [2.75, 3.05) is 24.7 Å². The van der Waals surface area contributed by atoms with E-state index in [4.69, 9.17) is 4.74 Å². The standard InChI is InChI=1S/C20H17FN2O2S/c1-26(24)19-5-3-2-4-16(19)13-6-7-15(17(21)10-13)14-11-18-20(23-12-14)22-8-9-25-18/h2-7,10-12H,8-9H2,1H3,(H,22,23). The molecule has 0 bridgehead atoms. The minimum Gasteiger partial charge on any atom is -0.488 e. The van der Waals surface area contributed by atoms with Crippen molar-refractivity contribution in [3.63, 3.8) is 0 Å². The minimum atomic E-state index is -1.15. The van der Waals surface area contributed by atoms with Crippen molar-refractivity contribution in [1.29, 1.82) is 0 Å². The lowest BCUT2D eigenvalue weighted by Gasteiger charge is -2.18. The van der Waals surface area contributed by atoms with Crippen LogP contribution in [0.1, 0.15) is 0 Å². The maximum atomic E-state index is 14.8. The number of rotatable bonds is 3. The Kier molecular flexibility index (Phi) is 4.42. The molecule has 0 radical (unpaired) electrons. The highest BCUT2D eigenvalue weighted by Gasteiger charge is 2.15. The van der Waals surface area contributed by atoms with Crippen LogP contribution in [0.4, 0.5) is 10.2 Å². The van der Waals surface area contributed by atoms with E-state index >= 15 is 0 Å². The van der Waals surface area contributed by atoms with Crippen molar-refractivity contribution in [3.8, 4) is 28.0 Å². The normalized spacial score (nSPS) is 14.1. The van der Waals surface area contributed by atoms with Gasteiger partial charge in [0.2, 0.25) is 0 Å². The Hall–Kier alpha value is -2.73. The number of pyridine rings is 1. The Morgan fingerprint density at radius 3 is 2.77 bits per heavy atom. The predicted molar refractivity (Wildman–Crippen MR) is 101 cm³/mol. The number of aromatic nitrogens is 1. The van der Waals surface area contributed by atoms with Gasteiger partial charge < -0.3 is 10.1 Å². The molecule has 0 saturated heterocycles. The second kappa shape index (κ2) is 6.88. The first kappa shape index (κ1) is 16.7. The first-order valence-electron chi connectivity index (χ1n) is 8.23. The number of nitrogens with one attached hydrogen (secondary N) is 1. The minimum absolute atomic E-state index is 0.357. The van der Waals surface area contributed by atoms with Gasteiger partial charge in [0.1, 0.15) is 12.4 Å². The molecule has 0 spiro atoms. The molecule has 1 unspecified atom stereocenters. The van der Waals surface area contributed by atoms with Crippen LogP contribution in [0.15, 0.2) is 59.6 Å². The van der Waals surface area contributed by atoms with E-state index in [1.165, 1.54) is 6.07 Å². The van der Waals surface area contributed by atoms with Gasteiger partial charge in [-0.25, -0.2) is 9.37 Å². The van der Waals surface area contributed by atoms with Crippen molar-refractivity contribution in [3.05, 3.63) is 60.5 Å². The van der Waals surface area contributed by atoms with Gasteiger partial charge in [-0.15, -0.1) is 0 Å². The fourth-order valence-electron chi connectivity index (χ4n) is 3.04. The van der Waals surface area contributed by atoms with Crippen LogP contribution in [-0.2, 0) is 10.8 Å². The highest BCUT2D eigenvalue weighted by molar-refractivity contribution is 7.84. The van der Waals surface area contributed by atoms with E-state index in [9.17, 15) is 8.60 Å². The molecule has 132 valence electrons. The molecular weight excluding hydrogens is 351 g/mol. The second-order valence-corrected chi connectivity index (χ2v) is 7.34. The Morgan fingerprint density at radius 1 is 1.12 bits per heavy atom. The topological polar surface area (TPSA) is 51.2 Å². The fraction of sp³-hybridized carbons (Fsp3) is 0.150. The molecule has 4 nitrogen and oxygen atoms in total. The van der Waals surface area contributed by atoms with Crippen LogP contribution in [0.5, 0.6) is 5.75 Å². The van der Waals surface area contributed by atoms with E-state index in [0.29, 0.717) is 46.3 Å². The number of halogens is 1. The summed E-state index contributed by atoms with van der Waals surface area (Å²) in [6, 6.07) is 14.2. The maximum absolute atomic E-state index is 14.8. The molecule has 6 heteroatoms. The Morgan fingerprint density at radius 2 is 1.96 bits per heavy atom. The summed E-state index contributed by atoms with van der Waals surface area (Å²) in [5.74, 6) is 0.949. The molecule has 4 rings (SSSR count). The average molecular weight is 368 g/mol. The molecule has 2 aromatic carbocycles. The molecule has 0 amide bonds. The zero-order valence-corrected chi connectivity index (χ0v) is 15.0.